The molecule has 1 aromatic carbocycles. The van der Waals surface area contributed by atoms with Crippen molar-refractivity contribution in [3.8, 4) is 0 Å². The number of amides is 1. The molecule has 128 valence electrons. The van der Waals surface area contributed by atoms with Gasteiger partial charge in [0.2, 0.25) is 5.89 Å². The quantitative estimate of drug-likeness (QED) is 0.781. The van der Waals surface area contributed by atoms with Crippen LogP contribution in [0.5, 0.6) is 0 Å². The van der Waals surface area contributed by atoms with Gasteiger partial charge in [0, 0.05) is 10.9 Å². The predicted octanol–water partition coefficient (Wildman–Crippen LogP) is 2.53. The number of hydrogen-bond donors (Lipinski definition) is 2. The minimum atomic E-state index is -0.0369. The maximum Gasteiger partial charge on any atom is 0.252 e. The third-order valence-corrected chi connectivity index (χ3v) is 5.39. The molecule has 1 heterocycles. The number of hydrogen-bond acceptors (Lipinski definition) is 6. The molecule has 7 heteroatoms. The first kappa shape index (κ1) is 17.0. The van der Waals surface area contributed by atoms with Crippen LogP contribution in [0.2, 0.25) is 0 Å². The molecule has 0 spiro atoms. The van der Waals surface area contributed by atoms with Crippen LogP contribution < -0.4 is 11.1 Å². The molecule has 0 bridgehead atoms. The van der Waals surface area contributed by atoms with Crippen molar-refractivity contribution in [2.45, 2.75) is 42.9 Å². The molecular formula is C17H22N4O2S. The van der Waals surface area contributed by atoms with Gasteiger partial charge in [0.25, 0.3) is 5.91 Å². The lowest BCUT2D eigenvalue weighted by Gasteiger charge is -2.20. The molecule has 1 aliphatic carbocycles. The molecule has 2 atom stereocenters. The summed E-state index contributed by atoms with van der Waals surface area (Å²) in [6, 6.07) is 7.78. The van der Waals surface area contributed by atoms with Gasteiger partial charge in [0.1, 0.15) is 0 Å². The van der Waals surface area contributed by atoms with E-state index in [4.69, 9.17) is 10.3 Å². The molecule has 0 radical (unpaired) electrons. The molecule has 1 amide bonds. The molecule has 3 rings (SSSR count). The van der Waals surface area contributed by atoms with E-state index < -0.39 is 0 Å². The van der Waals surface area contributed by atoms with Crippen LogP contribution in [0.15, 0.2) is 33.7 Å². The van der Waals surface area contributed by atoms with Crippen LogP contribution in [0.4, 0.5) is 0 Å². The normalized spacial score (nSPS) is 20.2. The summed E-state index contributed by atoms with van der Waals surface area (Å²) in [5.74, 6) is 2.07. The highest BCUT2D eigenvalue weighted by Gasteiger charge is 2.28. The third kappa shape index (κ3) is 3.96. The Kier molecular flexibility index (Phi) is 5.52. The van der Waals surface area contributed by atoms with Crippen molar-refractivity contribution in [1.82, 2.24) is 15.5 Å². The number of carbonyl (C=O) groups is 1. The molecule has 2 unspecified atom stereocenters. The average Bonchev–Trinajstić information content (AvgIpc) is 3.21. The Morgan fingerprint density at radius 3 is 3.00 bits per heavy atom. The molecule has 1 fully saturated rings. The van der Waals surface area contributed by atoms with Gasteiger partial charge < -0.3 is 15.6 Å². The molecule has 24 heavy (non-hydrogen) atoms. The van der Waals surface area contributed by atoms with Crippen molar-refractivity contribution in [1.29, 1.82) is 0 Å². The SMILES string of the molecule is Cc1noc(CSc2ccccc2C(=O)NC2CCCC2CN)n1. The van der Waals surface area contributed by atoms with E-state index in [0.717, 1.165) is 24.2 Å². The first-order valence-electron chi connectivity index (χ1n) is 8.19. The van der Waals surface area contributed by atoms with E-state index in [2.05, 4.69) is 15.5 Å². The van der Waals surface area contributed by atoms with Gasteiger partial charge in [-0.3, -0.25) is 4.79 Å². The summed E-state index contributed by atoms with van der Waals surface area (Å²) >= 11 is 1.52. The number of nitrogens with one attached hydrogen (secondary N) is 1. The van der Waals surface area contributed by atoms with Crippen LogP contribution in [0.3, 0.4) is 0 Å². The van der Waals surface area contributed by atoms with Crippen LogP contribution in [-0.4, -0.2) is 28.6 Å². The van der Waals surface area contributed by atoms with Gasteiger partial charge in [-0.1, -0.05) is 23.7 Å². The standard InChI is InChI=1S/C17H22N4O2S/c1-11-19-16(23-21-11)10-24-15-8-3-2-6-13(15)17(22)20-14-7-4-5-12(14)9-18/h2-3,6,8,12,14H,4-5,7,9-10,18H2,1H3,(H,20,22). The monoisotopic (exact) mass is 346 g/mol. The zero-order valence-corrected chi connectivity index (χ0v) is 14.5. The minimum Gasteiger partial charge on any atom is -0.349 e. The Morgan fingerprint density at radius 2 is 2.25 bits per heavy atom. The van der Waals surface area contributed by atoms with Crippen molar-refractivity contribution in [2.24, 2.45) is 11.7 Å². The minimum absolute atomic E-state index is 0.0369. The average molecular weight is 346 g/mol. The molecule has 3 N–H and O–H groups in total. The van der Waals surface area contributed by atoms with Gasteiger partial charge in [-0.25, -0.2) is 0 Å². The summed E-state index contributed by atoms with van der Waals surface area (Å²) < 4.78 is 5.13. The Morgan fingerprint density at radius 1 is 1.42 bits per heavy atom. The number of nitrogens with two attached hydrogens (primary N) is 1. The summed E-state index contributed by atoms with van der Waals surface area (Å²) in [7, 11) is 0. The summed E-state index contributed by atoms with van der Waals surface area (Å²) in [6.45, 7) is 2.41. The molecule has 1 saturated carbocycles. The molecular weight excluding hydrogens is 324 g/mol. The Hall–Kier alpha value is -1.86. The van der Waals surface area contributed by atoms with E-state index in [1.165, 1.54) is 11.8 Å². The van der Waals surface area contributed by atoms with E-state index in [9.17, 15) is 4.79 Å². The first-order valence-corrected chi connectivity index (χ1v) is 9.18. The highest BCUT2D eigenvalue weighted by molar-refractivity contribution is 7.98. The van der Waals surface area contributed by atoms with E-state index >= 15 is 0 Å². The van der Waals surface area contributed by atoms with Crippen molar-refractivity contribution >= 4 is 17.7 Å². The number of rotatable bonds is 6. The van der Waals surface area contributed by atoms with E-state index in [1.54, 1.807) is 6.92 Å². The number of carbonyl (C=O) groups excluding carboxylic acids is 1. The number of aryl methyl sites for hydroxylation is 1. The number of nitrogens with zero attached hydrogens (tertiary/aromatic N) is 2. The van der Waals surface area contributed by atoms with Crippen molar-refractivity contribution in [2.75, 3.05) is 6.54 Å². The second kappa shape index (κ2) is 7.81. The molecule has 1 aliphatic rings. The van der Waals surface area contributed by atoms with Crippen LogP contribution in [0.1, 0.15) is 41.3 Å². The van der Waals surface area contributed by atoms with E-state index in [-0.39, 0.29) is 11.9 Å². The van der Waals surface area contributed by atoms with Gasteiger partial charge in [0.05, 0.1) is 11.3 Å². The largest absolute Gasteiger partial charge is 0.349 e. The summed E-state index contributed by atoms with van der Waals surface area (Å²) in [5, 5.41) is 6.94. The Bertz CT molecular complexity index is 703. The number of aromatic nitrogens is 2. The topological polar surface area (TPSA) is 94.0 Å². The molecule has 1 aromatic heterocycles. The highest BCUT2D eigenvalue weighted by Crippen LogP contribution is 2.28. The fourth-order valence-electron chi connectivity index (χ4n) is 3.07. The zero-order valence-electron chi connectivity index (χ0n) is 13.7. The lowest BCUT2D eigenvalue weighted by atomic mass is 10.0. The van der Waals surface area contributed by atoms with Crippen LogP contribution >= 0.6 is 11.8 Å². The molecule has 2 aromatic rings. The van der Waals surface area contributed by atoms with E-state index in [1.807, 2.05) is 24.3 Å². The van der Waals surface area contributed by atoms with Gasteiger partial charge >= 0.3 is 0 Å². The molecule has 0 aliphatic heterocycles. The van der Waals surface area contributed by atoms with Crippen LogP contribution in [0.25, 0.3) is 0 Å². The highest BCUT2D eigenvalue weighted by atomic mass is 32.2. The lowest BCUT2D eigenvalue weighted by Crippen LogP contribution is -2.40. The first-order chi connectivity index (χ1) is 11.7. The maximum absolute atomic E-state index is 12.7. The fraction of sp³-hybridized carbons (Fsp3) is 0.471. The number of thioether (sulfide) groups is 1. The summed E-state index contributed by atoms with van der Waals surface area (Å²) in [6.07, 6.45) is 3.22. The van der Waals surface area contributed by atoms with Crippen molar-refractivity contribution in [3.05, 3.63) is 41.5 Å². The fourth-order valence-corrected chi connectivity index (χ4v) is 3.96. The van der Waals surface area contributed by atoms with Gasteiger partial charge in [-0.15, -0.1) is 11.8 Å². The van der Waals surface area contributed by atoms with Crippen LogP contribution in [-0.2, 0) is 5.75 Å². The molecule has 0 saturated heterocycles. The molecule has 6 nitrogen and oxygen atoms in total. The van der Waals surface area contributed by atoms with Crippen LogP contribution in [0, 0.1) is 12.8 Å². The predicted molar refractivity (Wildman–Crippen MR) is 92.7 cm³/mol. The third-order valence-electron chi connectivity index (χ3n) is 4.33. The second-order valence-electron chi connectivity index (χ2n) is 6.03. The maximum atomic E-state index is 12.7. The Labute approximate surface area is 145 Å². The van der Waals surface area contributed by atoms with Gasteiger partial charge in [-0.05, 0) is 44.4 Å². The summed E-state index contributed by atoms with van der Waals surface area (Å²) in [5.41, 5.74) is 6.49. The summed E-state index contributed by atoms with van der Waals surface area (Å²) in [4.78, 5) is 17.8. The van der Waals surface area contributed by atoms with E-state index in [0.29, 0.717) is 35.5 Å². The van der Waals surface area contributed by atoms with Gasteiger partial charge in [0.15, 0.2) is 5.82 Å². The smallest absolute Gasteiger partial charge is 0.252 e. The van der Waals surface area contributed by atoms with Gasteiger partial charge in [-0.2, -0.15) is 4.98 Å². The van der Waals surface area contributed by atoms with Crippen molar-refractivity contribution in [3.63, 3.8) is 0 Å². The lowest BCUT2D eigenvalue weighted by molar-refractivity contribution is 0.0926. The second-order valence-corrected chi connectivity index (χ2v) is 7.04. The zero-order chi connectivity index (χ0) is 16.9. The Balaban J connectivity index is 1.67. The number of benzene rings is 1. The van der Waals surface area contributed by atoms with Crippen molar-refractivity contribution < 1.29 is 9.32 Å².